The van der Waals surface area contributed by atoms with Crippen LogP contribution in [-0.2, 0) is 0 Å². The maximum Gasteiger partial charge on any atom is 0.0630 e. The number of hydrogen-bond acceptors (Lipinski definition) is 1. The van der Waals surface area contributed by atoms with Crippen molar-refractivity contribution in [2.75, 3.05) is 0 Å². The van der Waals surface area contributed by atoms with Crippen molar-refractivity contribution < 1.29 is 5.11 Å². The second-order valence-corrected chi connectivity index (χ2v) is 6.91. The normalized spacial score (nSPS) is 35.2. The summed E-state index contributed by atoms with van der Waals surface area (Å²) in [5, 5.41) is 10.2. The zero-order valence-electron chi connectivity index (χ0n) is 10.5. The summed E-state index contributed by atoms with van der Waals surface area (Å²) in [6.07, 6.45) is 4.96. The van der Waals surface area contributed by atoms with Gasteiger partial charge in [0, 0.05) is 4.83 Å². The second-order valence-electron chi connectivity index (χ2n) is 5.73. The summed E-state index contributed by atoms with van der Waals surface area (Å²) in [5.74, 6) is 2.01. The minimum absolute atomic E-state index is 0.408. The molecule has 1 fully saturated rings. The topological polar surface area (TPSA) is 20.2 Å². The Morgan fingerprint density at radius 3 is 2.47 bits per heavy atom. The molecule has 0 amide bonds. The van der Waals surface area contributed by atoms with E-state index in [9.17, 15) is 5.11 Å². The first-order valence-corrected chi connectivity index (χ1v) is 7.14. The predicted molar refractivity (Wildman–Crippen MR) is 69.3 cm³/mol. The molecule has 0 aliphatic heterocycles. The highest BCUT2D eigenvalue weighted by atomic mass is 79.9. The smallest absolute Gasteiger partial charge is 0.0630 e. The molecule has 0 bridgehead atoms. The van der Waals surface area contributed by atoms with Crippen molar-refractivity contribution in [2.45, 2.75) is 63.8 Å². The molecule has 1 aliphatic rings. The molecule has 4 atom stereocenters. The van der Waals surface area contributed by atoms with Gasteiger partial charge in [-0.05, 0) is 50.9 Å². The second kappa shape index (κ2) is 5.18. The van der Waals surface area contributed by atoms with E-state index in [4.69, 9.17) is 0 Å². The minimum Gasteiger partial charge on any atom is -0.390 e. The van der Waals surface area contributed by atoms with Crippen molar-refractivity contribution in [3.63, 3.8) is 0 Å². The fraction of sp³-hybridized carbons (Fsp3) is 1.00. The Morgan fingerprint density at radius 2 is 2.00 bits per heavy atom. The molecule has 2 heteroatoms. The molecule has 0 aromatic heterocycles. The molecule has 0 radical (unpaired) electrons. The Kier molecular flexibility index (Phi) is 4.66. The van der Waals surface area contributed by atoms with Gasteiger partial charge in [-0.3, -0.25) is 0 Å². The fourth-order valence-electron chi connectivity index (χ4n) is 2.75. The molecule has 0 spiro atoms. The van der Waals surface area contributed by atoms with E-state index in [1.807, 2.05) is 13.8 Å². The van der Waals surface area contributed by atoms with Crippen molar-refractivity contribution in [1.82, 2.24) is 0 Å². The van der Waals surface area contributed by atoms with Crippen molar-refractivity contribution in [3.05, 3.63) is 0 Å². The average Bonchev–Trinajstić information content (AvgIpc) is 2.15. The highest BCUT2D eigenvalue weighted by Gasteiger charge is 2.38. The van der Waals surface area contributed by atoms with Gasteiger partial charge in [0.15, 0.2) is 0 Å². The highest BCUT2D eigenvalue weighted by molar-refractivity contribution is 9.09. The summed E-state index contributed by atoms with van der Waals surface area (Å²) in [5.41, 5.74) is -0.541. The summed E-state index contributed by atoms with van der Waals surface area (Å²) >= 11 is 3.73. The molecule has 1 rings (SSSR count). The summed E-state index contributed by atoms with van der Waals surface area (Å²) in [6, 6.07) is 0. The van der Waals surface area contributed by atoms with Gasteiger partial charge in [-0.1, -0.05) is 36.2 Å². The molecule has 0 aromatic carbocycles. The fourth-order valence-corrected chi connectivity index (χ4v) is 3.87. The maximum absolute atomic E-state index is 10.2. The predicted octanol–water partition coefficient (Wildman–Crippen LogP) is 3.98. The van der Waals surface area contributed by atoms with Crippen molar-refractivity contribution in [3.8, 4) is 0 Å². The molecule has 1 nitrogen and oxygen atoms in total. The summed E-state index contributed by atoms with van der Waals surface area (Å²) < 4.78 is 0. The third-order valence-electron chi connectivity index (χ3n) is 4.16. The van der Waals surface area contributed by atoms with Gasteiger partial charge in [0.1, 0.15) is 0 Å². The van der Waals surface area contributed by atoms with Gasteiger partial charge in [0.2, 0.25) is 0 Å². The van der Waals surface area contributed by atoms with Crippen LogP contribution in [0.3, 0.4) is 0 Å². The molecule has 4 unspecified atom stereocenters. The molecule has 0 heterocycles. The molecule has 1 saturated carbocycles. The number of aliphatic hydroxyl groups is 1. The molecular formula is C13H25BrO. The highest BCUT2D eigenvalue weighted by Crippen LogP contribution is 2.42. The van der Waals surface area contributed by atoms with Gasteiger partial charge < -0.3 is 5.11 Å². The Bertz CT molecular complexity index is 197. The van der Waals surface area contributed by atoms with Crippen LogP contribution in [0.1, 0.15) is 53.4 Å². The maximum atomic E-state index is 10.2. The van der Waals surface area contributed by atoms with Gasteiger partial charge >= 0.3 is 0 Å². The van der Waals surface area contributed by atoms with Crippen LogP contribution in [0.2, 0.25) is 0 Å². The summed E-state index contributed by atoms with van der Waals surface area (Å²) in [6.45, 7) is 8.51. The van der Waals surface area contributed by atoms with Gasteiger partial charge in [-0.15, -0.1) is 0 Å². The third kappa shape index (κ3) is 3.45. The zero-order valence-corrected chi connectivity index (χ0v) is 12.0. The molecule has 0 saturated heterocycles. The lowest BCUT2D eigenvalue weighted by atomic mass is 9.70. The zero-order chi connectivity index (χ0) is 11.6. The average molecular weight is 277 g/mol. The Morgan fingerprint density at radius 1 is 1.40 bits per heavy atom. The van der Waals surface area contributed by atoms with Crippen molar-refractivity contribution >= 4 is 15.9 Å². The number of halogens is 1. The Balaban J connectivity index is 2.64. The number of alkyl halides is 1. The van der Waals surface area contributed by atoms with E-state index in [0.29, 0.717) is 10.7 Å². The van der Waals surface area contributed by atoms with Crippen LogP contribution >= 0.6 is 15.9 Å². The molecular weight excluding hydrogens is 252 g/mol. The van der Waals surface area contributed by atoms with Crippen molar-refractivity contribution in [1.29, 1.82) is 0 Å². The van der Waals surface area contributed by atoms with E-state index in [2.05, 4.69) is 29.8 Å². The van der Waals surface area contributed by atoms with Crippen LogP contribution in [0, 0.1) is 17.8 Å². The van der Waals surface area contributed by atoms with Gasteiger partial charge in [0.25, 0.3) is 0 Å². The summed E-state index contributed by atoms with van der Waals surface area (Å²) in [4.78, 5) is 0.498. The molecule has 1 N–H and O–H groups in total. The van der Waals surface area contributed by atoms with Crippen LogP contribution in [0.5, 0.6) is 0 Å². The van der Waals surface area contributed by atoms with Crippen LogP contribution in [0.15, 0.2) is 0 Å². The largest absolute Gasteiger partial charge is 0.390 e. The van der Waals surface area contributed by atoms with E-state index < -0.39 is 5.60 Å². The Hall–Kier alpha value is 0.440. The molecule has 1 aliphatic carbocycles. The first-order chi connectivity index (χ1) is 6.86. The third-order valence-corrected chi connectivity index (χ3v) is 5.26. The lowest BCUT2D eigenvalue weighted by Gasteiger charge is -2.41. The number of rotatable bonds is 3. The first-order valence-electron chi connectivity index (χ1n) is 6.22. The van der Waals surface area contributed by atoms with Crippen LogP contribution in [-0.4, -0.2) is 15.5 Å². The van der Waals surface area contributed by atoms with E-state index >= 15 is 0 Å². The number of hydrogen-bond donors (Lipinski definition) is 1. The van der Waals surface area contributed by atoms with Crippen LogP contribution < -0.4 is 0 Å². The molecule has 15 heavy (non-hydrogen) atoms. The van der Waals surface area contributed by atoms with Crippen molar-refractivity contribution in [2.24, 2.45) is 17.8 Å². The quantitative estimate of drug-likeness (QED) is 0.773. The van der Waals surface area contributed by atoms with Gasteiger partial charge in [-0.25, -0.2) is 0 Å². The molecule has 0 aromatic rings. The minimum atomic E-state index is -0.541. The monoisotopic (exact) mass is 276 g/mol. The van der Waals surface area contributed by atoms with E-state index in [1.165, 1.54) is 25.7 Å². The first kappa shape index (κ1) is 13.5. The lowest BCUT2D eigenvalue weighted by molar-refractivity contribution is -0.0108. The van der Waals surface area contributed by atoms with Crippen LogP contribution in [0.25, 0.3) is 0 Å². The van der Waals surface area contributed by atoms with E-state index in [0.717, 1.165) is 11.8 Å². The van der Waals surface area contributed by atoms with Gasteiger partial charge in [0.05, 0.1) is 5.60 Å². The van der Waals surface area contributed by atoms with Gasteiger partial charge in [-0.2, -0.15) is 0 Å². The summed E-state index contributed by atoms with van der Waals surface area (Å²) in [7, 11) is 0. The van der Waals surface area contributed by atoms with E-state index in [-0.39, 0.29) is 0 Å². The van der Waals surface area contributed by atoms with E-state index in [1.54, 1.807) is 0 Å². The molecule has 90 valence electrons. The standard InChI is InChI=1S/C13H25BrO/c1-5-9(2)10-6-7-12(14)11(8-10)13(3,4)15/h9-12,15H,5-8H2,1-4H3. The van der Waals surface area contributed by atoms with Crippen LogP contribution in [0.4, 0.5) is 0 Å². The SMILES string of the molecule is CCC(C)C1CCC(Br)C(C(C)(C)O)C1. The Labute approximate surface area is 103 Å². The lowest BCUT2D eigenvalue weighted by Crippen LogP contribution is -2.42.